The van der Waals surface area contributed by atoms with Crippen LogP contribution in [0.25, 0.3) is 0 Å². The van der Waals surface area contributed by atoms with E-state index in [-0.39, 0.29) is 33.3 Å². The fraction of sp³-hybridized carbons (Fsp3) is 0.333. The Morgan fingerprint density at radius 3 is 2.74 bits per heavy atom. The molecule has 2 unspecified atom stereocenters. The van der Waals surface area contributed by atoms with E-state index in [0.717, 1.165) is 0 Å². The van der Waals surface area contributed by atoms with E-state index < -0.39 is 4.92 Å². The first kappa shape index (κ1) is 17.4. The van der Waals surface area contributed by atoms with Crippen molar-refractivity contribution in [2.45, 2.75) is 13.8 Å². The van der Waals surface area contributed by atoms with Crippen molar-refractivity contribution < 1.29 is 9.72 Å². The zero-order chi connectivity index (χ0) is 17.2. The minimum absolute atomic E-state index is 0.0365. The van der Waals surface area contributed by atoms with E-state index in [1.165, 1.54) is 18.3 Å². The lowest BCUT2D eigenvalue weighted by Crippen LogP contribution is -2.21. The van der Waals surface area contributed by atoms with Gasteiger partial charge in [0, 0.05) is 17.7 Å². The van der Waals surface area contributed by atoms with Crippen molar-refractivity contribution in [2.75, 3.05) is 0 Å². The van der Waals surface area contributed by atoms with Gasteiger partial charge < -0.3 is 0 Å². The summed E-state index contributed by atoms with van der Waals surface area (Å²) in [7, 11) is 0. The summed E-state index contributed by atoms with van der Waals surface area (Å²) in [6.45, 7) is 3.89. The summed E-state index contributed by atoms with van der Waals surface area (Å²) in [5, 5.41) is 14.5. The molecule has 0 bridgehead atoms. The Hall–Kier alpha value is -1.92. The first-order valence-corrected chi connectivity index (χ1v) is 7.59. The van der Waals surface area contributed by atoms with Crippen molar-refractivity contribution in [3.63, 3.8) is 0 Å². The monoisotopic (exact) mass is 355 g/mol. The minimum Gasteiger partial charge on any atom is -0.273 e. The highest BCUT2D eigenvalue weighted by Crippen LogP contribution is 2.59. The summed E-state index contributed by atoms with van der Waals surface area (Å²) in [6, 6.07) is 5.96. The Labute approximate surface area is 143 Å². The Kier molecular flexibility index (Phi) is 5.06. The number of halogens is 2. The maximum atomic E-state index is 12.1. The van der Waals surface area contributed by atoms with E-state index in [2.05, 4.69) is 10.5 Å². The number of hydrogen-bond acceptors (Lipinski definition) is 4. The highest BCUT2D eigenvalue weighted by atomic mass is 35.5. The molecule has 2 rings (SSSR count). The maximum absolute atomic E-state index is 12.1. The molecule has 0 heterocycles. The molecule has 1 aliphatic carbocycles. The standard InChI is InChI=1S/C15H15Cl2N3O3/c1-15(2)11(7-12(16)17)13(15)14(21)19-18-8-9-4-3-5-10(6-9)20(22)23/h3-8,11,13H,1-2H3,(H,19,21). The van der Waals surface area contributed by atoms with Crippen molar-refractivity contribution in [3.05, 3.63) is 50.5 Å². The van der Waals surface area contributed by atoms with Crippen molar-refractivity contribution in [3.8, 4) is 0 Å². The Bertz CT molecular complexity index is 697. The van der Waals surface area contributed by atoms with Crippen LogP contribution in [0.1, 0.15) is 19.4 Å². The van der Waals surface area contributed by atoms with Crippen LogP contribution in [0.3, 0.4) is 0 Å². The van der Waals surface area contributed by atoms with Crippen LogP contribution >= 0.6 is 23.2 Å². The van der Waals surface area contributed by atoms with Gasteiger partial charge >= 0.3 is 0 Å². The van der Waals surface area contributed by atoms with E-state index in [9.17, 15) is 14.9 Å². The van der Waals surface area contributed by atoms with Gasteiger partial charge in [0.15, 0.2) is 0 Å². The maximum Gasteiger partial charge on any atom is 0.270 e. The van der Waals surface area contributed by atoms with E-state index in [0.29, 0.717) is 5.56 Å². The molecule has 0 aliphatic heterocycles. The lowest BCUT2D eigenvalue weighted by molar-refractivity contribution is -0.384. The highest BCUT2D eigenvalue weighted by Gasteiger charge is 2.60. The average molecular weight is 356 g/mol. The number of benzene rings is 1. The Morgan fingerprint density at radius 1 is 1.43 bits per heavy atom. The van der Waals surface area contributed by atoms with E-state index >= 15 is 0 Å². The number of allylic oxidation sites excluding steroid dienone is 1. The number of nitrogens with one attached hydrogen (secondary N) is 1. The number of rotatable bonds is 5. The van der Waals surface area contributed by atoms with Gasteiger partial charge in [-0.15, -0.1) is 0 Å². The van der Waals surface area contributed by atoms with Crippen molar-refractivity contribution in [1.29, 1.82) is 0 Å². The average Bonchev–Trinajstić information content (AvgIpc) is 2.99. The topological polar surface area (TPSA) is 84.6 Å². The van der Waals surface area contributed by atoms with Crippen LogP contribution in [0.15, 0.2) is 39.9 Å². The molecule has 1 amide bonds. The lowest BCUT2D eigenvalue weighted by Gasteiger charge is -2.01. The number of amides is 1. The fourth-order valence-corrected chi connectivity index (χ4v) is 2.86. The van der Waals surface area contributed by atoms with Gasteiger partial charge in [-0.2, -0.15) is 5.10 Å². The number of nitro groups is 1. The van der Waals surface area contributed by atoms with Gasteiger partial charge in [-0.3, -0.25) is 14.9 Å². The molecule has 1 fully saturated rings. The molecule has 0 saturated heterocycles. The Balaban J connectivity index is 1.99. The molecule has 0 aromatic heterocycles. The second kappa shape index (κ2) is 6.68. The van der Waals surface area contributed by atoms with E-state index in [1.54, 1.807) is 18.2 Å². The first-order chi connectivity index (χ1) is 10.7. The predicted octanol–water partition coefficient (Wildman–Crippen LogP) is 3.64. The van der Waals surface area contributed by atoms with Crippen LogP contribution in [0.2, 0.25) is 0 Å². The van der Waals surface area contributed by atoms with Crippen LogP contribution < -0.4 is 5.43 Å². The third kappa shape index (κ3) is 4.09. The summed E-state index contributed by atoms with van der Waals surface area (Å²) in [6.07, 6.45) is 3.01. The third-order valence-corrected chi connectivity index (χ3v) is 4.22. The van der Waals surface area contributed by atoms with Crippen LogP contribution in [0, 0.1) is 27.4 Å². The molecule has 1 aromatic rings. The van der Waals surface area contributed by atoms with E-state index in [1.807, 2.05) is 13.8 Å². The summed E-state index contributed by atoms with van der Waals surface area (Å²) in [5.74, 6) is -0.551. The number of nitrogens with zero attached hydrogens (tertiary/aromatic N) is 2. The molecule has 1 N–H and O–H groups in total. The third-order valence-electron chi connectivity index (χ3n) is 3.97. The SMILES string of the molecule is CC1(C)C(C=C(Cl)Cl)C1C(=O)NN=Cc1cccc([N+](=O)[O-])c1. The molecule has 0 spiro atoms. The number of carbonyl (C=O) groups is 1. The molecule has 122 valence electrons. The predicted molar refractivity (Wildman–Crippen MR) is 89.4 cm³/mol. The molecule has 2 atom stereocenters. The molecule has 1 saturated carbocycles. The molecule has 8 heteroatoms. The number of hydrogen-bond donors (Lipinski definition) is 1. The summed E-state index contributed by atoms with van der Waals surface area (Å²) in [4.78, 5) is 22.3. The van der Waals surface area contributed by atoms with Gasteiger partial charge in [0.25, 0.3) is 5.69 Å². The second-order valence-electron chi connectivity index (χ2n) is 5.87. The lowest BCUT2D eigenvalue weighted by atomic mass is 10.1. The minimum atomic E-state index is -0.491. The molecule has 1 aliphatic rings. The summed E-state index contributed by atoms with van der Waals surface area (Å²) in [5.41, 5.74) is 2.70. The van der Waals surface area contributed by atoms with Crippen molar-refractivity contribution >= 4 is 41.0 Å². The molecule has 1 aromatic carbocycles. The Morgan fingerprint density at radius 2 is 2.13 bits per heavy atom. The van der Waals surface area contributed by atoms with Gasteiger partial charge in [0.2, 0.25) is 5.91 Å². The largest absolute Gasteiger partial charge is 0.273 e. The van der Waals surface area contributed by atoms with Crippen LogP contribution in [0.4, 0.5) is 5.69 Å². The molecule has 6 nitrogen and oxygen atoms in total. The zero-order valence-corrected chi connectivity index (χ0v) is 14.0. The van der Waals surface area contributed by atoms with E-state index in [4.69, 9.17) is 23.2 Å². The molecule has 0 radical (unpaired) electrons. The van der Waals surface area contributed by atoms with Gasteiger partial charge in [0.05, 0.1) is 17.1 Å². The smallest absolute Gasteiger partial charge is 0.270 e. The number of hydrazone groups is 1. The van der Waals surface area contributed by atoms with Gasteiger partial charge in [-0.25, -0.2) is 5.43 Å². The summed E-state index contributed by atoms with van der Waals surface area (Å²) < 4.78 is 0.137. The number of nitro benzene ring substituents is 1. The molecular formula is C15H15Cl2N3O3. The van der Waals surface area contributed by atoms with Crippen LogP contribution in [0.5, 0.6) is 0 Å². The summed E-state index contributed by atoms with van der Waals surface area (Å²) >= 11 is 11.3. The van der Waals surface area contributed by atoms with Crippen molar-refractivity contribution in [1.82, 2.24) is 5.43 Å². The van der Waals surface area contributed by atoms with Crippen LogP contribution in [-0.2, 0) is 4.79 Å². The number of non-ortho nitro benzene ring substituents is 1. The normalized spacial score (nSPS) is 21.7. The second-order valence-corrected chi connectivity index (χ2v) is 6.88. The van der Waals surface area contributed by atoms with Gasteiger partial charge in [-0.05, 0) is 17.4 Å². The zero-order valence-electron chi connectivity index (χ0n) is 12.5. The number of carbonyl (C=O) groups excluding carboxylic acids is 1. The first-order valence-electron chi connectivity index (χ1n) is 6.83. The van der Waals surface area contributed by atoms with Crippen molar-refractivity contribution in [2.24, 2.45) is 22.4 Å². The quantitative estimate of drug-likeness (QED) is 0.497. The molecule has 23 heavy (non-hydrogen) atoms. The van der Waals surface area contributed by atoms with Gasteiger partial charge in [0.1, 0.15) is 4.49 Å². The fourth-order valence-electron chi connectivity index (χ4n) is 2.58. The highest BCUT2D eigenvalue weighted by molar-refractivity contribution is 6.55. The van der Waals surface area contributed by atoms with Gasteiger partial charge in [-0.1, -0.05) is 49.2 Å². The molecular weight excluding hydrogens is 341 g/mol. The van der Waals surface area contributed by atoms with Crippen LogP contribution in [-0.4, -0.2) is 17.0 Å².